The van der Waals surface area contributed by atoms with E-state index in [0.717, 1.165) is 79.2 Å². The second kappa shape index (κ2) is 36.1. The first-order valence-electron chi connectivity index (χ1n) is 30.4. The predicted molar refractivity (Wildman–Crippen MR) is 353 cm³/mol. The van der Waals surface area contributed by atoms with Crippen LogP contribution in [0.5, 0.6) is 0 Å². The number of carbonyl (C=O) groups is 2. The van der Waals surface area contributed by atoms with Crippen LogP contribution in [0, 0.1) is 45.9 Å². The zero-order valence-corrected chi connectivity index (χ0v) is 56.5. The van der Waals surface area contributed by atoms with Crippen LogP contribution < -0.4 is 22.6 Å². The Labute approximate surface area is 573 Å². The summed E-state index contributed by atoms with van der Waals surface area (Å²) in [6.45, 7) is 15.7. The van der Waals surface area contributed by atoms with Gasteiger partial charge in [-0.1, -0.05) is 88.4 Å². The fourth-order valence-corrected chi connectivity index (χ4v) is 12.5. The SMILES string of the molecule is CCNCC.CC[NH+](CC)Cc1cccc(C(=O)OCO[C@@](Cn2cncn2)(c2ccc(F)cc2F)[C@@H](C)c2nc(-c3ccc(C#N)cc3)cs2)c1.C[C@@H](c1nc(-c2ccc(C#N)cc2)cs1)[C@@](Cn1cncn1)(OCOC(=O)c1cccc(CCl)c1)c1ccc(F)cc1F.[Cl-]. The molecule has 10 aromatic rings. The van der Waals surface area contributed by atoms with Gasteiger partial charge in [-0.25, -0.2) is 56.5 Å². The lowest BCUT2D eigenvalue weighted by molar-refractivity contribution is -0.910. The normalized spacial score (nSPS) is 12.8. The Balaban J connectivity index is 0.000000251. The summed E-state index contributed by atoms with van der Waals surface area (Å²) in [5.74, 6) is -5.54. The summed E-state index contributed by atoms with van der Waals surface area (Å²) in [6.07, 6.45) is 5.58. The Hall–Kier alpha value is -9.08. The van der Waals surface area contributed by atoms with E-state index >= 15 is 8.78 Å². The molecule has 4 atom stereocenters. The van der Waals surface area contributed by atoms with Crippen LogP contribution in [0.15, 0.2) is 170 Å². The Kier molecular flexibility index (Phi) is 28.0. The first kappa shape index (κ1) is 74.3. The van der Waals surface area contributed by atoms with Crippen molar-refractivity contribution in [2.24, 2.45) is 0 Å². The van der Waals surface area contributed by atoms with Crippen molar-refractivity contribution in [2.75, 3.05) is 39.8 Å². The fraction of sp³-hybridized carbons (Fsp3) is 0.286. The molecule has 18 nitrogen and oxygen atoms in total. The van der Waals surface area contributed by atoms with Gasteiger partial charge in [-0.3, -0.25) is 0 Å². The molecular formula is C70H70Cl2F4N12O6S2. The van der Waals surface area contributed by atoms with Crippen LogP contribution in [0.1, 0.15) is 117 Å². The monoisotopic (exact) mass is 1380 g/mol. The van der Waals surface area contributed by atoms with Gasteiger partial charge >= 0.3 is 11.9 Å². The molecule has 0 radical (unpaired) electrons. The van der Waals surface area contributed by atoms with Crippen LogP contribution in [0.4, 0.5) is 17.6 Å². The van der Waals surface area contributed by atoms with Crippen LogP contribution in [0.25, 0.3) is 22.5 Å². The summed E-state index contributed by atoms with van der Waals surface area (Å²) in [6, 6.07) is 38.6. The van der Waals surface area contributed by atoms with Crippen LogP contribution >= 0.6 is 34.3 Å². The number of esters is 2. The summed E-state index contributed by atoms with van der Waals surface area (Å²) in [5.41, 5.74) is 3.23. The number of thiazole rings is 2. The Morgan fingerprint density at radius 3 is 1.41 bits per heavy atom. The lowest BCUT2D eigenvalue weighted by atomic mass is 9.81. The van der Waals surface area contributed by atoms with Gasteiger partial charge in [-0.2, -0.15) is 20.7 Å². The van der Waals surface area contributed by atoms with Crippen molar-refractivity contribution in [2.45, 2.75) is 90.1 Å². The number of quaternary nitrogens is 1. The van der Waals surface area contributed by atoms with Crippen molar-refractivity contribution in [3.63, 3.8) is 0 Å². The van der Waals surface area contributed by atoms with Gasteiger partial charge in [0.05, 0.1) is 82.0 Å². The van der Waals surface area contributed by atoms with Crippen molar-refractivity contribution in [1.82, 2.24) is 44.8 Å². The summed E-state index contributed by atoms with van der Waals surface area (Å²) in [4.78, 5) is 45.2. The first-order valence-corrected chi connectivity index (χ1v) is 32.7. The van der Waals surface area contributed by atoms with E-state index in [9.17, 15) is 23.6 Å². The molecule has 26 heteroatoms. The number of nitriles is 2. The van der Waals surface area contributed by atoms with Gasteiger partial charge in [-0.15, -0.1) is 34.3 Å². The molecule has 500 valence electrons. The zero-order valence-electron chi connectivity index (χ0n) is 53.4. The van der Waals surface area contributed by atoms with Gasteiger partial charge in [0.15, 0.2) is 13.6 Å². The van der Waals surface area contributed by atoms with E-state index in [-0.39, 0.29) is 48.1 Å². The molecule has 0 aliphatic rings. The molecular weight excluding hydrogens is 1320 g/mol. The lowest BCUT2D eigenvalue weighted by Gasteiger charge is -2.38. The number of ether oxygens (including phenoxy) is 4. The minimum absolute atomic E-state index is 0. The highest BCUT2D eigenvalue weighted by molar-refractivity contribution is 7.10. The number of alkyl halides is 1. The number of halogens is 6. The molecule has 10 rings (SSSR count). The van der Waals surface area contributed by atoms with Crippen molar-refractivity contribution in [3.05, 3.63) is 247 Å². The molecule has 6 aromatic carbocycles. The molecule has 0 spiro atoms. The van der Waals surface area contributed by atoms with Crippen molar-refractivity contribution in [3.8, 4) is 34.7 Å². The Bertz CT molecular complexity index is 4190. The third kappa shape index (κ3) is 19.1. The molecule has 0 aliphatic heterocycles. The maximum atomic E-state index is 15.7. The number of benzene rings is 6. The molecule has 2 N–H and O–H groups in total. The van der Waals surface area contributed by atoms with E-state index in [2.05, 4.69) is 65.3 Å². The number of hydrogen-bond acceptors (Lipinski definition) is 17. The van der Waals surface area contributed by atoms with E-state index in [1.165, 1.54) is 74.4 Å². The highest BCUT2D eigenvalue weighted by Gasteiger charge is 2.47. The standard InChI is InChI=1S/C35H34F2N6O3S.C31H24ClF2N5O3S.C4H11N.ClH/c1-4-42(5-2)18-26-7-6-8-28(15-26)34(44)45-23-46-35(20-43-22-39-21-40-43,30-14-13-29(36)16-31(30)37)24(3)33-41-32(19-47-33)27-11-9-25(17-38)10-12-27;1-20(29-38-28(15-43-29)23-7-5-21(14-35)6-8-23)31(16-39-18-36-17-37-39,26-10-9-25(33)12-27(26)34)42-19-41-30(40)24-4-2-3-22(11-24)13-32;1-3-5-4-2;/h6-16,19,21-22,24H,4-5,18,20,23H2,1-3H3;2-12,15,17-18,20H,13,16,19H2,1H3;5H,3-4H2,1-2H3;1H/t24-,35+;20-,31+;;/m00../s1. The average molecular weight is 1390 g/mol. The van der Waals surface area contributed by atoms with Gasteiger partial charge in [0.25, 0.3) is 0 Å². The molecule has 4 aromatic heterocycles. The van der Waals surface area contributed by atoms with Crippen LogP contribution in [-0.4, -0.2) is 91.2 Å². The van der Waals surface area contributed by atoms with Gasteiger partial charge in [0, 0.05) is 68.4 Å². The zero-order chi connectivity index (χ0) is 67.9. The molecule has 96 heavy (non-hydrogen) atoms. The lowest BCUT2D eigenvalue weighted by Crippen LogP contribution is -3.10. The number of carbonyl (C=O) groups excluding carboxylic acids is 2. The first-order chi connectivity index (χ1) is 46.0. The Morgan fingerprint density at radius 1 is 0.615 bits per heavy atom. The van der Waals surface area contributed by atoms with E-state index in [4.69, 9.17) is 45.8 Å². The van der Waals surface area contributed by atoms with E-state index in [1.54, 1.807) is 91.9 Å². The summed E-state index contributed by atoms with van der Waals surface area (Å²) in [5, 5.41) is 34.7. The van der Waals surface area contributed by atoms with Crippen molar-refractivity contribution < 1.29 is 63.4 Å². The number of nitrogens with one attached hydrogen (secondary N) is 2. The summed E-state index contributed by atoms with van der Waals surface area (Å²) >= 11 is 8.58. The minimum Gasteiger partial charge on any atom is -1.00 e. The van der Waals surface area contributed by atoms with Crippen LogP contribution in [-0.2, 0) is 55.7 Å². The highest BCUT2D eigenvalue weighted by atomic mass is 35.5. The third-order valence-corrected chi connectivity index (χ3v) is 18.1. The van der Waals surface area contributed by atoms with Gasteiger partial charge < -0.3 is 41.6 Å². The van der Waals surface area contributed by atoms with E-state index in [0.29, 0.717) is 38.1 Å². The average Bonchev–Trinajstić information content (AvgIpc) is 1.27. The van der Waals surface area contributed by atoms with Crippen LogP contribution in [0.3, 0.4) is 0 Å². The predicted octanol–water partition coefficient (Wildman–Crippen LogP) is 9.95. The number of nitrogens with zero attached hydrogens (tertiary/aromatic N) is 10. The Morgan fingerprint density at radius 2 is 1.04 bits per heavy atom. The molecule has 0 saturated carbocycles. The largest absolute Gasteiger partial charge is 1.00 e. The van der Waals surface area contributed by atoms with Crippen LogP contribution in [0.2, 0.25) is 0 Å². The highest BCUT2D eigenvalue weighted by Crippen LogP contribution is 2.46. The van der Waals surface area contributed by atoms with Crippen molar-refractivity contribution >= 4 is 46.2 Å². The third-order valence-electron chi connectivity index (χ3n) is 15.8. The summed E-state index contributed by atoms with van der Waals surface area (Å²) < 4.78 is 86.4. The van der Waals surface area contributed by atoms with E-state index in [1.807, 2.05) is 29.8 Å². The van der Waals surface area contributed by atoms with Gasteiger partial charge in [-0.05, 0) is 93.2 Å². The quantitative estimate of drug-likeness (QED) is 0.0212. The number of hydrogen-bond donors (Lipinski definition) is 2. The van der Waals surface area contributed by atoms with Gasteiger partial charge in [0.1, 0.15) is 66.3 Å². The molecule has 0 saturated heterocycles. The summed E-state index contributed by atoms with van der Waals surface area (Å²) in [7, 11) is 0. The van der Waals surface area contributed by atoms with Crippen molar-refractivity contribution in [1.29, 1.82) is 10.5 Å². The molecule has 0 amide bonds. The fourth-order valence-electron chi connectivity index (χ4n) is 10.4. The smallest absolute Gasteiger partial charge is 0.340 e. The molecule has 0 aliphatic carbocycles. The second-order valence-electron chi connectivity index (χ2n) is 21.7. The van der Waals surface area contributed by atoms with Gasteiger partial charge in [0.2, 0.25) is 0 Å². The maximum absolute atomic E-state index is 15.7. The van der Waals surface area contributed by atoms with E-state index < -0.39 is 71.8 Å². The number of rotatable bonds is 27. The minimum atomic E-state index is -1.58. The maximum Gasteiger partial charge on any atom is 0.340 e. The topological polar surface area (TPSA) is 222 Å². The molecule has 0 fully saturated rings. The molecule has 0 unspecified atom stereocenters. The number of aromatic nitrogens is 8. The second-order valence-corrected chi connectivity index (χ2v) is 23.7. The molecule has 4 heterocycles. The molecule has 0 bridgehead atoms.